The van der Waals surface area contributed by atoms with E-state index in [0.29, 0.717) is 33.2 Å². The molecule has 19 heavy (non-hydrogen) atoms. The second-order valence-electron chi connectivity index (χ2n) is 4.17. The van der Waals surface area contributed by atoms with Crippen LogP contribution in [0.3, 0.4) is 0 Å². The van der Waals surface area contributed by atoms with E-state index in [1.807, 2.05) is 26.0 Å². The molecule has 0 heterocycles. The van der Waals surface area contributed by atoms with Crippen LogP contribution >= 0.6 is 0 Å². The Labute approximate surface area is 114 Å². The maximum atomic E-state index is 5.58. The molecule has 0 bridgehead atoms. The van der Waals surface area contributed by atoms with Gasteiger partial charge >= 0.3 is 0 Å². The molecule has 0 saturated carbocycles. The second-order valence-corrected chi connectivity index (χ2v) is 4.17. The Morgan fingerprint density at radius 1 is 1.00 bits per heavy atom. The molecule has 1 aromatic rings. The highest BCUT2D eigenvalue weighted by atomic mass is 16.5. The molecule has 0 aliphatic heterocycles. The average Bonchev–Trinajstić information content (AvgIpc) is 2.38. The van der Waals surface area contributed by atoms with E-state index >= 15 is 0 Å². The lowest BCUT2D eigenvalue weighted by atomic mass is 10.3. The molecule has 5 heteroatoms. The van der Waals surface area contributed by atoms with Gasteiger partial charge in [-0.1, -0.05) is 0 Å². The highest BCUT2D eigenvalue weighted by Crippen LogP contribution is 2.12. The first-order chi connectivity index (χ1) is 9.18. The first kappa shape index (κ1) is 15.5. The second kappa shape index (κ2) is 9.35. The molecule has 0 saturated heterocycles. The molecule has 0 fully saturated rings. The molecule has 0 atom stereocenters. The molecule has 0 aliphatic carbocycles. The van der Waals surface area contributed by atoms with E-state index in [0.717, 1.165) is 17.1 Å². The number of hydrogen-bond acceptors (Lipinski definition) is 5. The third-order valence-corrected chi connectivity index (χ3v) is 2.22. The van der Waals surface area contributed by atoms with E-state index in [2.05, 4.69) is 4.99 Å². The van der Waals surface area contributed by atoms with Crippen molar-refractivity contribution in [1.82, 2.24) is 0 Å². The van der Waals surface area contributed by atoms with Crippen LogP contribution in [-0.2, 0) is 9.47 Å². The van der Waals surface area contributed by atoms with Crippen LogP contribution in [-0.4, -0.2) is 38.9 Å². The summed E-state index contributed by atoms with van der Waals surface area (Å²) < 4.78 is 16.1. The predicted molar refractivity (Wildman–Crippen MR) is 76.8 cm³/mol. The van der Waals surface area contributed by atoms with Crippen LogP contribution in [0.25, 0.3) is 0 Å². The number of ether oxygens (including phenoxy) is 3. The van der Waals surface area contributed by atoms with Crippen LogP contribution in [0.5, 0.6) is 5.75 Å². The zero-order valence-corrected chi connectivity index (χ0v) is 11.6. The molecule has 0 aliphatic rings. The lowest BCUT2D eigenvalue weighted by Gasteiger charge is -2.07. The first-order valence-electron chi connectivity index (χ1n) is 6.30. The largest absolute Gasteiger partial charge is 0.491 e. The van der Waals surface area contributed by atoms with Gasteiger partial charge in [-0.05, 0) is 38.1 Å². The maximum Gasteiger partial charge on any atom is 0.137 e. The number of rotatable bonds is 9. The molecule has 106 valence electrons. The number of nitrogen functional groups attached to an aromatic ring is 1. The Kier molecular flexibility index (Phi) is 7.62. The van der Waals surface area contributed by atoms with Gasteiger partial charge in [0.25, 0.3) is 0 Å². The normalized spacial score (nSPS) is 10.2. The smallest absolute Gasteiger partial charge is 0.137 e. The summed E-state index contributed by atoms with van der Waals surface area (Å²) >= 11 is 0. The van der Waals surface area contributed by atoms with Gasteiger partial charge in [-0.25, -0.2) is 0 Å². The highest BCUT2D eigenvalue weighted by Gasteiger charge is 1.94. The van der Waals surface area contributed by atoms with Crippen molar-refractivity contribution in [2.75, 3.05) is 38.9 Å². The Bertz CT molecular complexity index is 373. The molecule has 0 aromatic heterocycles. The zero-order valence-electron chi connectivity index (χ0n) is 11.6. The fourth-order valence-corrected chi connectivity index (χ4v) is 1.24. The van der Waals surface area contributed by atoms with Crippen molar-refractivity contribution in [3.05, 3.63) is 24.3 Å². The third-order valence-electron chi connectivity index (χ3n) is 2.22. The Morgan fingerprint density at radius 2 is 1.63 bits per heavy atom. The van der Waals surface area contributed by atoms with Gasteiger partial charge in [0, 0.05) is 11.4 Å². The molecule has 0 spiro atoms. The summed E-state index contributed by atoms with van der Waals surface area (Å²) in [6.45, 7) is 6.40. The van der Waals surface area contributed by atoms with Crippen LogP contribution in [0.4, 0.5) is 5.69 Å². The lowest BCUT2D eigenvalue weighted by Crippen LogP contribution is -2.11. The predicted octanol–water partition coefficient (Wildman–Crippen LogP) is 2.12. The fraction of sp³-hybridized carbons (Fsp3) is 0.500. The Morgan fingerprint density at radius 3 is 2.32 bits per heavy atom. The average molecular weight is 266 g/mol. The van der Waals surface area contributed by atoms with E-state index in [9.17, 15) is 0 Å². The van der Waals surface area contributed by atoms with Crippen molar-refractivity contribution < 1.29 is 14.2 Å². The van der Waals surface area contributed by atoms with Crippen molar-refractivity contribution in [3.8, 4) is 5.75 Å². The quantitative estimate of drug-likeness (QED) is 0.422. The lowest BCUT2D eigenvalue weighted by molar-refractivity contribution is 0.0388. The topological polar surface area (TPSA) is 66.1 Å². The van der Waals surface area contributed by atoms with Gasteiger partial charge in [-0.2, -0.15) is 0 Å². The van der Waals surface area contributed by atoms with Gasteiger partial charge in [0.15, 0.2) is 0 Å². The van der Waals surface area contributed by atoms with Crippen molar-refractivity contribution in [2.45, 2.75) is 13.8 Å². The minimum atomic E-state index is 0.396. The number of benzene rings is 1. The van der Waals surface area contributed by atoms with E-state index in [1.165, 1.54) is 0 Å². The SMILES string of the molecule is CC(C)=NCOCCOCCOc1ccc(N)cc1. The summed E-state index contributed by atoms with van der Waals surface area (Å²) in [5, 5.41) is 0. The van der Waals surface area contributed by atoms with Crippen molar-refractivity contribution in [1.29, 1.82) is 0 Å². The van der Waals surface area contributed by atoms with Crippen molar-refractivity contribution in [3.63, 3.8) is 0 Å². The van der Waals surface area contributed by atoms with Crippen LogP contribution in [0, 0.1) is 0 Å². The molecule has 1 aromatic carbocycles. The van der Waals surface area contributed by atoms with Gasteiger partial charge in [0.2, 0.25) is 0 Å². The standard InChI is InChI=1S/C14H22N2O3/c1-12(2)16-11-18-8-7-17-9-10-19-14-5-3-13(15)4-6-14/h3-6H,7-11,15H2,1-2H3. The summed E-state index contributed by atoms with van der Waals surface area (Å²) in [6.07, 6.45) is 0. The molecule has 0 unspecified atom stereocenters. The maximum absolute atomic E-state index is 5.58. The first-order valence-corrected chi connectivity index (χ1v) is 6.30. The van der Waals surface area contributed by atoms with Crippen molar-refractivity contribution in [2.24, 2.45) is 4.99 Å². The minimum absolute atomic E-state index is 0.396. The molecule has 2 N–H and O–H groups in total. The summed E-state index contributed by atoms with van der Waals surface area (Å²) in [7, 11) is 0. The number of anilines is 1. The van der Waals surface area contributed by atoms with Gasteiger partial charge in [0.1, 0.15) is 19.1 Å². The van der Waals surface area contributed by atoms with Gasteiger partial charge in [-0.3, -0.25) is 4.99 Å². The van der Waals surface area contributed by atoms with Crippen LogP contribution in [0.2, 0.25) is 0 Å². The van der Waals surface area contributed by atoms with E-state index in [-0.39, 0.29) is 0 Å². The summed E-state index contributed by atoms with van der Waals surface area (Å²) in [6, 6.07) is 7.29. The van der Waals surface area contributed by atoms with Crippen LogP contribution in [0.1, 0.15) is 13.8 Å². The number of nitrogens with two attached hydrogens (primary N) is 1. The van der Waals surface area contributed by atoms with E-state index < -0.39 is 0 Å². The number of nitrogens with zero attached hydrogens (tertiary/aromatic N) is 1. The summed E-state index contributed by atoms with van der Waals surface area (Å²) in [5.74, 6) is 0.793. The van der Waals surface area contributed by atoms with Crippen LogP contribution < -0.4 is 10.5 Å². The van der Waals surface area contributed by atoms with Crippen molar-refractivity contribution >= 4 is 11.4 Å². The molecular weight excluding hydrogens is 244 g/mol. The molecule has 0 radical (unpaired) electrons. The third kappa shape index (κ3) is 8.18. The summed E-state index contributed by atoms with van der Waals surface area (Å²) in [5.41, 5.74) is 7.32. The minimum Gasteiger partial charge on any atom is -0.491 e. The number of aliphatic imine (C=N–C) groups is 1. The highest BCUT2D eigenvalue weighted by molar-refractivity contribution is 5.78. The molecule has 0 amide bonds. The van der Waals surface area contributed by atoms with Gasteiger partial charge in [0.05, 0.1) is 19.8 Å². The fourth-order valence-electron chi connectivity index (χ4n) is 1.24. The van der Waals surface area contributed by atoms with Gasteiger partial charge in [-0.15, -0.1) is 0 Å². The Balaban J connectivity index is 1.94. The Hall–Kier alpha value is -1.59. The molecule has 1 rings (SSSR count). The zero-order chi connectivity index (χ0) is 13.9. The van der Waals surface area contributed by atoms with Crippen LogP contribution in [0.15, 0.2) is 29.3 Å². The van der Waals surface area contributed by atoms with E-state index in [1.54, 1.807) is 12.1 Å². The number of hydrogen-bond donors (Lipinski definition) is 1. The molecular formula is C14H22N2O3. The van der Waals surface area contributed by atoms with Gasteiger partial charge < -0.3 is 19.9 Å². The molecule has 5 nitrogen and oxygen atoms in total. The monoisotopic (exact) mass is 266 g/mol. The van der Waals surface area contributed by atoms with E-state index in [4.69, 9.17) is 19.9 Å². The summed E-state index contributed by atoms with van der Waals surface area (Å²) in [4.78, 5) is 4.11.